The van der Waals surface area contributed by atoms with E-state index < -0.39 is 0 Å². The van der Waals surface area contributed by atoms with Crippen LogP contribution >= 0.6 is 27.5 Å². The maximum Gasteiger partial charge on any atom is 0.179 e. The van der Waals surface area contributed by atoms with Crippen molar-refractivity contribution in [2.24, 2.45) is 5.92 Å². The van der Waals surface area contributed by atoms with Gasteiger partial charge in [-0.05, 0) is 49.2 Å². The van der Waals surface area contributed by atoms with Gasteiger partial charge in [-0.3, -0.25) is 0 Å². The lowest BCUT2D eigenvalue weighted by molar-refractivity contribution is 0.107. The van der Waals surface area contributed by atoms with Gasteiger partial charge in [-0.2, -0.15) is 0 Å². The number of aromatic nitrogens is 1. The van der Waals surface area contributed by atoms with Crippen LogP contribution in [0.2, 0.25) is 5.02 Å². The van der Waals surface area contributed by atoms with Crippen LogP contribution in [-0.4, -0.2) is 4.57 Å². The summed E-state index contributed by atoms with van der Waals surface area (Å²) in [5.41, 5.74) is 2.23. The average Bonchev–Trinajstić information content (AvgIpc) is 3.42. The first kappa shape index (κ1) is 16.9. The lowest BCUT2D eigenvalue weighted by Crippen LogP contribution is -2.23. The predicted molar refractivity (Wildman–Crippen MR) is 104 cm³/mol. The maximum atomic E-state index is 15.2. The number of hydrogen-bond acceptors (Lipinski definition) is 1. The van der Waals surface area contributed by atoms with Crippen molar-refractivity contribution in [2.45, 2.75) is 32.9 Å². The minimum Gasteiger partial charge on any atom is -0.469 e. The normalized spacial score (nSPS) is 18.0. The summed E-state index contributed by atoms with van der Waals surface area (Å²) < 4.78 is 24.4. The van der Waals surface area contributed by atoms with E-state index in [9.17, 15) is 0 Å². The molecule has 2 nitrogen and oxygen atoms in total. The molecule has 0 amide bonds. The van der Waals surface area contributed by atoms with Gasteiger partial charge in [0.15, 0.2) is 12.0 Å². The number of rotatable bonds is 1. The van der Waals surface area contributed by atoms with Crippen LogP contribution in [-0.2, 0) is 0 Å². The largest absolute Gasteiger partial charge is 0.469 e. The van der Waals surface area contributed by atoms with Gasteiger partial charge >= 0.3 is 0 Å². The van der Waals surface area contributed by atoms with Crippen LogP contribution in [0.15, 0.2) is 40.9 Å². The first-order valence-corrected chi connectivity index (χ1v) is 9.76. The van der Waals surface area contributed by atoms with Gasteiger partial charge in [-0.15, -0.1) is 0 Å². The Morgan fingerprint density at radius 2 is 1.92 bits per heavy atom. The summed E-state index contributed by atoms with van der Waals surface area (Å²) in [4.78, 5) is 0. The number of nitrogens with zero attached hydrogens (tertiary/aromatic N) is 1. The lowest BCUT2D eigenvalue weighted by Gasteiger charge is -2.30. The summed E-state index contributed by atoms with van der Waals surface area (Å²) >= 11 is 9.54. The van der Waals surface area contributed by atoms with Crippen molar-refractivity contribution >= 4 is 38.4 Å². The highest BCUT2D eigenvalue weighted by molar-refractivity contribution is 9.10. The van der Waals surface area contributed by atoms with Gasteiger partial charge in [0, 0.05) is 26.4 Å². The van der Waals surface area contributed by atoms with Crippen LogP contribution in [0.4, 0.5) is 4.39 Å². The number of ether oxygens (including phenoxy) is 1. The van der Waals surface area contributed by atoms with Gasteiger partial charge in [0.1, 0.15) is 5.75 Å². The van der Waals surface area contributed by atoms with Gasteiger partial charge in [-0.25, -0.2) is 4.39 Å². The van der Waals surface area contributed by atoms with Gasteiger partial charge in [0.05, 0.1) is 11.2 Å². The van der Waals surface area contributed by atoms with Crippen molar-refractivity contribution in [2.75, 3.05) is 0 Å². The summed E-state index contributed by atoms with van der Waals surface area (Å²) in [7, 11) is 0. The molecular weight excluding hydrogens is 405 g/mol. The van der Waals surface area contributed by atoms with Crippen LogP contribution in [0.25, 0.3) is 22.2 Å². The summed E-state index contributed by atoms with van der Waals surface area (Å²) in [5.74, 6) is 0.947. The number of hydrogen-bond donors (Lipinski definition) is 0. The van der Waals surface area contributed by atoms with Gasteiger partial charge < -0.3 is 9.30 Å². The molecule has 1 atom stereocenters. The van der Waals surface area contributed by atoms with Crippen molar-refractivity contribution in [3.05, 3.63) is 51.7 Å². The topological polar surface area (TPSA) is 14.2 Å². The molecule has 1 fully saturated rings. The van der Waals surface area contributed by atoms with E-state index in [2.05, 4.69) is 15.9 Å². The third-order valence-corrected chi connectivity index (χ3v) is 5.36. The van der Waals surface area contributed by atoms with Crippen LogP contribution < -0.4 is 4.74 Å². The molecule has 1 aliphatic carbocycles. The number of benzene rings is 2. The molecule has 1 aromatic heterocycles. The first-order valence-electron chi connectivity index (χ1n) is 8.59. The molecule has 25 heavy (non-hydrogen) atoms. The highest BCUT2D eigenvalue weighted by Crippen LogP contribution is 2.51. The van der Waals surface area contributed by atoms with E-state index in [1.165, 1.54) is 0 Å². The van der Waals surface area contributed by atoms with E-state index in [0.717, 1.165) is 34.1 Å². The Labute approximate surface area is 159 Å². The summed E-state index contributed by atoms with van der Waals surface area (Å²) in [6, 6.07) is 11.1. The van der Waals surface area contributed by atoms with E-state index in [4.69, 9.17) is 16.3 Å². The van der Waals surface area contributed by atoms with Gasteiger partial charge in [-0.1, -0.05) is 41.4 Å². The fourth-order valence-corrected chi connectivity index (χ4v) is 3.93. The Hall–Kier alpha value is -1.52. The molecule has 5 heteroatoms. The average molecular weight is 423 g/mol. The van der Waals surface area contributed by atoms with E-state index in [-0.39, 0.29) is 12.0 Å². The molecule has 3 aromatic rings. The Bertz CT molecular complexity index is 964. The van der Waals surface area contributed by atoms with E-state index in [1.807, 2.05) is 42.7 Å². The maximum absolute atomic E-state index is 15.2. The Kier molecular flexibility index (Phi) is 4.28. The van der Waals surface area contributed by atoms with Crippen LogP contribution in [0, 0.1) is 11.7 Å². The molecule has 1 aliphatic heterocycles. The minimum absolute atomic E-state index is 0.153. The zero-order chi connectivity index (χ0) is 17.7. The molecule has 0 spiro atoms. The molecule has 5 rings (SSSR count). The first-order chi connectivity index (χ1) is 12.1. The highest BCUT2D eigenvalue weighted by Gasteiger charge is 2.40. The van der Waals surface area contributed by atoms with Crippen molar-refractivity contribution in [3.8, 4) is 17.0 Å². The SMILES string of the molecule is CC.Fc1c2n(c3ccc(Cl)cc13)C(C1CC1)Oc1cc(Br)ccc1-2. The fourth-order valence-electron chi connectivity index (χ4n) is 3.42. The molecule has 2 aromatic carbocycles. The van der Waals surface area contributed by atoms with E-state index in [0.29, 0.717) is 22.0 Å². The Morgan fingerprint density at radius 1 is 1.16 bits per heavy atom. The molecule has 2 aliphatic rings. The minimum atomic E-state index is -0.222. The number of fused-ring (bicyclic) bond motifs is 5. The highest BCUT2D eigenvalue weighted by atomic mass is 79.9. The molecule has 0 radical (unpaired) electrons. The Balaban J connectivity index is 0.000000758. The second-order valence-corrected chi connectivity index (χ2v) is 7.53. The van der Waals surface area contributed by atoms with E-state index in [1.54, 1.807) is 12.1 Å². The summed E-state index contributed by atoms with van der Waals surface area (Å²) in [5, 5.41) is 1.09. The van der Waals surface area contributed by atoms with Gasteiger partial charge in [0.25, 0.3) is 0 Å². The zero-order valence-corrected chi connectivity index (χ0v) is 16.4. The van der Waals surface area contributed by atoms with Crippen molar-refractivity contribution in [1.82, 2.24) is 4.57 Å². The smallest absolute Gasteiger partial charge is 0.179 e. The molecule has 1 saturated carbocycles. The second kappa shape index (κ2) is 6.33. The molecule has 130 valence electrons. The van der Waals surface area contributed by atoms with Crippen molar-refractivity contribution in [3.63, 3.8) is 0 Å². The van der Waals surface area contributed by atoms with Crippen LogP contribution in [0.1, 0.15) is 32.9 Å². The number of halogens is 3. The van der Waals surface area contributed by atoms with Crippen LogP contribution in [0.3, 0.4) is 0 Å². The monoisotopic (exact) mass is 421 g/mol. The Morgan fingerprint density at radius 3 is 2.64 bits per heavy atom. The molecule has 2 heterocycles. The third-order valence-electron chi connectivity index (χ3n) is 4.63. The predicted octanol–water partition coefficient (Wildman–Crippen LogP) is 7.19. The summed E-state index contributed by atoms with van der Waals surface area (Å²) in [6.07, 6.45) is 2.07. The zero-order valence-electron chi connectivity index (χ0n) is 14.0. The fraction of sp³-hybridized carbons (Fsp3) is 0.300. The summed E-state index contributed by atoms with van der Waals surface area (Å²) in [6.45, 7) is 4.00. The van der Waals surface area contributed by atoms with Gasteiger partial charge in [0.2, 0.25) is 0 Å². The quantitative estimate of drug-likeness (QED) is 0.405. The standard InChI is InChI=1S/C18H12BrClFNO.C2H6/c19-10-3-5-12-15(7-10)23-18(9-1-2-9)22-14-6-4-11(20)8-13(14)16(21)17(12)22;1-2/h3-9,18H,1-2H2;1-2H3. The molecule has 0 bridgehead atoms. The van der Waals surface area contributed by atoms with Crippen molar-refractivity contribution in [1.29, 1.82) is 0 Å². The molecule has 0 saturated heterocycles. The van der Waals surface area contributed by atoms with E-state index >= 15 is 4.39 Å². The second-order valence-electron chi connectivity index (χ2n) is 6.18. The third kappa shape index (κ3) is 2.67. The molecule has 0 N–H and O–H groups in total. The van der Waals surface area contributed by atoms with Crippen molar-refractivity contribution < 1.29 is 9.13 Å². The van der Waals surface area contributed by atoms with Crippen LogP contribution in [0.5, 0.6) is 5.75 Å². The lowest BCUT2D eigenvalue weighted by atomic mass is 10.1. The molecule has 1 unspecified atom stereocenters. The molecular formula is C20H18BrClFNO.